The van der Waals surface area contributed by atoms with E-state index in [4.69, 9.17) is 27.9 Å². The van der Waals surface area contributed by atoms with Crippen molar-refractivity contribution in [2.45, 2.75) is 0 Å². The molecule has 0 aliphatic heterocycles. The predicted octanol–water partition coefficient (Wildman–Crippen LogP) is 5.76. The van der Waals surface area contributed by atoms with E-state index in [0.29, 0.717) is 27.0 Å². The molecule has 0 saturated heterocycles. The molecule has 0 aliphatic carbocycles. The smallest absolute Gasteiger partial charge is 0.266 e. The van der Waals surface area contributed by atoms with E-state index in [0.717, 1.165) is 7.14 Å². The minimum Gasteiger partial charge on any atom is -0.495 e. The number of carbonyl (C=O) groups is 1. The summed E-state index contributed by atoms with van der Waals surface area (Å²) in [5.74, 6) is 0.0629. The molecular formula is C17H10Cl2I2N2O2. The molecule has 0 unspecified atom stereocenters. The quantitative estimate of drug-likeness (QED) is 0.277. The van der Waals surface area contributed by atoms with Gasteiger partial charge in [-0.25, -0.2) is 0 Å². The van der Waals surface area contributed by atoms with Gasteiger partial charge >= 0.3 is 0 Å². The molecular weight excluding hydrogens is 589 g/mol. The number of rotatable bonds is 4. The third-order valence-electron chi connectivity index (χ3n) is 3.08. The molecule has 0 heterocycles. The zero-order valence-electron chi connectivity index (χ0n) is 12.7. The van der Waals surface area contributed by atoms with Crippen LogP contribution in [-0.2, 0) is 4.79 Å². The highest BCUT2D eigenvalue weighted by molar-refractivity contribution is 14.1. The minimum absolute atomic E-state index is 0.0535. The van der Waals surface area contributed by atoms with Crippen molar-refractivity contribution >= 4 is 86.1 Å². The molecule has 8 heteroatoms. The zero-order chi connectivity index (χ0) is 18.6. The lowest BCUT2D eigenvalue weighted by molar-refractivity contribution is -0.112. The monoisotopic (exact) mass is 598 g/mol. The van der Waals surface area contributed by atoms with E-state index in [1.165, 1.54) is 12.1 Å². The Morgan fingerprint density at radius 3 is 2.56 bits per heavy atom. The lowest BCUT2D eigenvalue weighted by atomic mass is 10.1. The summed E-state index contributed by atoms with van der Waals surface area (Å²) in [5, 5.41) is 12.7. The van der Waals surface area contributed by atoms with Crippen molar-refractivity contribution in [3.63, 3.8) is 0 Å². The molecule has 2 rings (SSSR count). The van der Waals surface area contributed by atoms with E-state index in [1.807, 2.05) is 18.2 Å². The standard InChI is InChI=1S/C17H10Cl2I2N2O2/c1-25-16-9(5-11(20)6-15(16)21)4-10(8-22)17(24)23-12-2-3-13(18)14(19)7-12/h2-7H,1H3,(H,23,24)/b10-4+. The molecule has 2 aromatic carbocycles. The fourth-order valence-corrected chi connectivity index (χ4v) is 4.39. The maximum atomic E-state index is 12.4. The van der Waals surface area contributed by atoms with Gasteiger partial charge in [0.05, 0.1) is 20.7 Å². The van der Waals surface area contributed by atoms with E-state index in [9.17, 15) is 10.1 Å². The lowest BCUT2D eigenvalue weighted by Crippen LogP contribution is -2.13. The molecule has 2 aromatic rings. The molecule has 0 spiro atoms. The second kappa shape index (κ2) is 9.07. The van der Waals surface area contributed by atoms with E-state index in [-0.39, 0.29) is 5.57 Å². The fraction of sp³-hybridized carbons (Fsp3) is 0.0588. The van der Waals surface area contributed by atoms with Crippen molar-refractivity contribution in [1.82, 2.24) is 0 Å². The first-order valence-corrected chi connectivity index (χ1v) is 9.68. The van der Waals surface area contributed by atoms with Crippen molar-refractivity contribution in [3.05, 3.63) is 58.7 Å². The Balaban J connectivity index is 2.36. The summed E-state index contributed by atoms with van der Waals surface area (Å²) < 4.78 is 7.23. The summed E-state index contributed by atoms with van der Waals surface area (Å²) in [7, 11) is 1.55. The number of hydrogen-bond acceptors (Lipinski definition) is 3. The number of amides is 1. The van der Waals surface area contributed by atoms with Crippen molar-refractivity contribution in [1.29, 1.82) is 5.26 Å². The maximum absolute atomic E-state index is 12.4. The van der Waals surface area contributed by atoms with Gasteiger partial charge in [0.15, 0.2) is 0 Å². The second-order valence-electron chi connectivity index (χ2n) is 4.76. The van der Waals surface area contributed by atoms with Crippen LogP contribution in [0.25, 0.3) is 6.08 Å². The molecule has 0 radical (unpaired) electrons. The summed E-state index contributed by atoms with van der Waals surface area (Å²) in [6, 6.07) is 10.4. The molecule has 1 N–H and O–H groups in total. The Hall–Kier alpha value is -1.02. The number of nitrogens with zero attached hydrogens (tertiary/aromatic N) is 1. The van der Waals surface area contributed by atoms with Gasteiger partial charge in [-0.2, -0.15) is 5.26 Å². The average molecular weight is 599 g/mol. The third kappa shape index (κ3) is 5.23. The number of halogens is 4. The molecule has 0 aromatic heterocycles. The summed E-state index contributed by atoms with van der Waals surface area (Å²) in [6.45, 7) is 0. The van der Waals surface area contributed by atoms with E-state index < -0.39 is 5.91 Å². The molecule has 0 aliphatic rings. The number of nitriles is 1. The summed E-state index contributed by atoms with van der Waals surface area (Å²) in [6.07, 6.45) is 1.50. The Labute approximate surface area is 182 Å². The zero-order valence-corrected chi connectivity index (χ0v) is 18.6. The van der Waals surface area contributed by atoms with Crippen LogP contribution in [0, 0.1) is 18.5 Å². The Morgan fingerprint density at radius 1 is 1.24 bits per heavy atom. The molecule has 25 heavy (non-hydrogen) atoms. The van der Waals surface area contributed by atoms with Crippen LogP contribution >= 0.6 is 68.4 Å². The highest BCUT2D eigenvalue weighted by atomic mass is 127. The van der Waals surface area contributed by atoms with Crippen molar-refractivity contribution < 1.29 is 9.53 Å². The predicted molar refractivity (Wildman–Crippen MR) is 117 cm³/mol. The Bertz CT molecular complexity index is 908. The van der Waals surface area contributed by atoms with E-state index >= 15 is 0 Å². The van der Waals surface area contributed by atoms with Crippen LogP contribution in [0.1, 0.15) is 5.56 Å². The van der Waals surface area contributed by atoms with Gasteiger partial charge in [0.25, 0.3) is 5.91 Å². The van der Waals surface area contributed by atoms with Crippen molar-refractivity contribution in [2.75, 3.05) is 12.4 Å². The maximum Gasteiger partial charge on any atom is 0.266 e. The third-order valence-corrected chi connectivity index (χ3v) is 5.25. The van der Waals surface area contributed by atoms with Gasteiger partial charge in [-0.3, -0.25) is 4.79 Å². The Morgan fingerprint density at radius 2 is 1.96 bits per heavy atom. The van der Waals surface area contributed by atoms with Gasteiger partial charge in [0.2, 0.25) is 0 Å². The number of benzene rings is 2. The highest BCUT2D eigenvalue weighted by Gasteiger charge is 2.14. The first-order chi connectivity index (χ1) is 11.8. The first kappa shape index (κ1) is 20.3. The van der Waals surface area contributed by atoms with Crippen LogP contribution in [-0.4, -0.2) is 13.0 Å². The number of nitrogens with one attached hydrogen (secondary N) is 1. The van der Waals surface area contributed by atoms with Crippen LogP contribution < -0.4 is 10.1 Å². The van der Waals surface area contributed by atoms with Gasteiger partial charge in [-0.1, -0.05) is 23.2 Å². The molecule has 0 fully saturated rings. The number of anilines is 1. The molecule has 0 atom stereocenters. The topological polar surface area (TPSA) is 62.1 Å². The molecule has 1 amide bonds. The van der Waals surface area contributed by atoms with E-state index in [2.05, 4.69) is 50.5 Å². The van der Waals surface area contributed by atoms with Crippen LogP contribution in [0.4, 0.5) is 5.69 Å². The number of hydrogen-bond donors (Lipinski definition) is 1. The van der Waals surface area contributed by atoms with Gasteiger partial charge in [-0.05, 0) is 81.6 Å². The van der Waals surface area contributed by atoms with Gasteiger partial charge in [-0.15, -0.1) is 0 Å². The minimum atomic E-state index is -0.545. The normalized spacial score (nSPS) is 11.0. The molecule has 0 bridgehead atoms. The SMILES string of the molecule is COc1c(I)cc(I)cc1/C=C(\C#N)C(=O)Nc1ccc(Cl)c(Cl)c1. The van der Waals surface area contributed by atoms with Crippen LogP contribution in [0.5, 0.6) is 5.75 Å². The average Bonchev–Trinajstić information content (AvgIpc) is 2.55. The van der Waals surface area contributed by atoms with Crippen molar-refractivity contribution in [3.8, 4) is 11.8 Å². The fourth-order valence-electron chi connectivity index (χ4n) is 1.98. The van der Waals surface area contributed by atoms with Crippen LogP contribution in [0.3, 0.4) is 0 Å². The van der Waals surface area contributed by atoms with Gasteiger partial charge in [0.1, 0.15) is 17.4 Å². The summed E-state index contributed by atoms with van der Waals surface area (Å²) in [4.78, 5) is 12.4. The van der Waals surface area contributed by atoms with Crippen LogP contribution in [0.2, 0.25) is 10.0 Å². The first-order valence-electron chi connectivity index (χ1n) is 6.77. The second-order valence-corrected chi connectivity index (χ2v) is 7.99. The Kier molecular flexibility index (Phi) is 7.37. The highest BCUT2D eigenvalue weighted by Crippen LogP contribution is 2.30. The molecule has 128 valence electrons. The van der Waals surface area contributed by atoms with Crippen LogP contribution in [0.15, 0.2) is 35.9 Å². The van der Waals surface area contributed by atoms with Gasteiger partial charge < -0.3 is 10.1 Å². The molecule has 4 nitrogen and oxygen atoms in total. The molecule has 0 saturated carbocycles. The largest absolute Gasteiger partial charge is 0.495 e. The van der Waals surface area contributed by atoms with Crippen molar-refractivity contribution in [2.24, 2.45) is 0 Å². The van der Waals surface area contributed by atoms with E-state index in [1.54, 1.807) is 19.2 Å². The summed E-state index contributed by atoms with van der Waals surface area (Å²) >= 11 is 16.1. The van der Waals surface area contributed by atoms with Gasteiger partial charge in [0, 0.05) is 14.8 Å². The summed E-state index contributed by atoms with van der Waals surface area (Å²) in [5.41, 5.74) is 1.05. The number of methoxy groups -OCH3 is 1. The number of ether oxygens (including phenoxy) is 1. The number of carbonyl (C=O) groups excluding carboxylic acids is 1. The lowest BCUT2D eigenvalue weighted by Gasteiger charge is -2.09.